The van der Waals surface area contributed by atoms with Crippen molar-refractivity contribution in [1.29, 1.82) is 0 Å². The number of carbonyl (C=O) groups is 2. The maximum absolute atomic E-state index is 11.6. The molecule has 0 fully saturated rings. The van der Waals surface area contributed by atoms with Crippen LogP contribution in [0.1, 0.15) is 90.4 Å². The molecule has 0 aromatic heterocycles. The van der Waals surface area contributed by atoms with Crippen molar-refractivity contribution in [2.24, 2.45) is 0 Å². The van der Waals surface area contributed by atoms with Crippen molar-refractivity contribution >= 4 is 12.1 Å². The summed E-state index contributed by atoms with van der Waals surface area (Å²) in [6, 6.07) is 0. The Hall–Kier alpha value is -1.82. The Morgan fingerprint density at radius 2 is 1.34 bits per heavy atom. The SMILES string of the molecule is CCCCC/C=C\C/C=C\CCCCCCCCOC(=O)CNC(=O)OCCCN(C)C. The monoisotopic (exact) mass is 452 g/mol. The fraction of sp³-hybridized carbons (Fsp3) is 0.769. The number of alkyl carbamates (subject to hydrolysis) is 1. The van der Waals surface area contributed by atoms with Crippen molar-refractivity contribution in [2.45, 2.75) is 90.4 Å². The molecule has 1 N–H and O–H groups in total. The van der Waals surface area contributed by atoms with Gasteiger partial charge in [0.25, 0.3) is 0 Å². The Kier molecular flexibility index (Phi) is 22.5. The lowest BCUT2D eigenvalue weighted by molar-refractivity contribution is -0.142. The molecule has 1 amide bonds. The summed E-state index contributed by atoms with van der Waals surface area (Å²) >= 11 is 0. The molecule has 0 aliphatic carbocycles. The molecule has 0 bridgehead atoms. The molecular formula is C26H48N2O4. The number of nitrogens with one attached hydrogen (secondary N) is 1. The third-order valence-corrected chi connectivity index (χ3v) is 4.97. The minimum Gasteiger partial charge on any atom is -0.464 e. The highest BCUT2D eigenvalue weighted by molar-refractivity contribution is 5.77. The lowest BCUT2D eigenvalue weighted by Crippen LogP contribution is -2.31. The molecule has 0 aromatic rings. The highest BCUT2D eigenvalue weighted by Gasteiger charge is 2.07. The van der Waals surface area contributed by atoms with Gasteiger partial charge in [-0.25, -0.2) is 4.79 Å². The van der Waals surface area contributed by atoms with Crippen LogP contribution >= 0.6 is 0 Å². The Labute approximate surface area is 196 Å². The summed E-state index contributed by atoms with van der Waals surface area (Å²) in [6.45, 7) is 3.69. The van der Waals surface area contributed by atoms with Crippen LogP contribution in [0.2, 0.25) is 0 Å². The van der Waals surface area contributed by atoms with Crippen LogP contribution in [0.15, 0.2) is 24.3 Å². The van der Waals surface area contributed by atoms with Gasteiger partial charge in [0, 0.05) is 6.54 Å². The number of rotatable bonds is 21. The molecule has 0 aliphatic rings. The van der Waals surface area contributed by atoms with Gasteiger partial charge in [0.1, 0.15) is 6.54 Å². The molecule has 0 aliphatic heterocycles. The molecule has 0 atom stereocenters. The molecule has 6 heteroatoms. The van der Waals surface area contributed by atoms with Crippen molar-refractivity contribution in [3.8, 4) is 0 Å². The fourth-order valence-electron chi connectivity index (χ4n) is 3.07. The summed E-state index contributed by atoms with van der Waals surface area (Å²) in [5, 5.41) is 2.42. The molecular weight excluding hydrogens is 404 g/mol. The number of carbonyl (C=O) groups excluding carboxylic acids is 2. The van der Waals surface area contributed by atoms with Gasteiger partial charge in [-0.2, -0.15) is 0 Å². The minimum atomic E-state index is -0.575. The molecule has 32 heavy (non-hydrogen) atoms. The van der Waals surface area contributed by atoms with Crippen molar-refractivity contribution in [3.05, 3.63) is 24.3 Å². The molecule has 0 saturated carbocycles. The summed E-state index contributed by atoms with van der Waals surface area (Å²) in [6.07, 6.45) is 23.5. The largest absolute Gasteiger partial charge is 0.464 e. The Balaban J connectivity index is 3.36. The van der Waals surface area contributed by atoms with Crippen LogP contribution < -0.4 is 5.32 Å². The smallest absolute Gasteiger partial charge is 0.407 e. The predicted molar refractivity (Wildman–Crippen MR) is 133 cm³/mol. The highest BCUT2D eigenvalue weighted by atomic mass is 16.6. The van der Waals surface area contributed by atoms with E-state index in [-0.39, 0.29) is 6.54 Å². The first kappa shape index (κ1) is 30.2. The number of ether oxygens (including phenoxy) is 2. The summed E-state index contributed by atoms with van der Waals surface area (Å²) < 4.78 is 10.1. The molecule has 0 heterocycles. The van der Waals surface area contributed by atoms with E-state index in [9.17, 15) is 9.59 Å². The summed E-state index contributed by atoms with van der Waals surface area (Å²) in [4.78, 5) is 25.1. The van der Waals surface area contributed by atoms with Crippen molar-refractivity contribution in [2.75, 3.05) is 40.4 Å². The number of hydrogen-bond acceptors (Lipinski definition) is 5. The van der Waals surface area contributed by atoms with Gasteiger partial charge >= 0.3 is 12.1 Å². The van der Waals surface area contributed by atoms with Gasteiger partial charge in [-0.1, -0.05) is 69.8 Å². The summed E-state index contributed by atoms with van der Waals surface area (Å²) in [5.74, 6) is -0.419. The average molecular weight is 453 g/mol. The normalized spacial score (nSPS) is 11.5. The van der Waals surface area contributed by atoms with Gasteiger partial charge in [-0.15, -0.1) is 0 Å². The molecule has 0 radical (unpaired) electrons. The van der Waals surface area contributed by atoms with Crippen LogP contribution in [-0.2, 0) is 14.3 Å². The maximum atomic E-state index is 11.6. The topological polar surface area (TPSA) is 67.9 Å². The van der Waals surface area contributed by atoms with E-state index in [2.05, 4.69) is 36.5 Å². The van der Waals surface area contributed by atoms with Gasteiger partial charge < -0.3 is 19.7 Å². The molecule has 0 rings (SSSR count). The number of amides is 1. The van der Waals surface area contributed by atoms with Crippen molar-refractivity contribution in [1.82, 2.24) is 10.2 Å². The average Bonchev–Trinajstić information content (AvgIpc) is 2.77. The highest BCUT2D eigenvalue weighted by Crippen LogP contribution is 2.08. The van der Waals surface area contributed by atoms with Crippen LogP contribution in [-0.4, -0.2) is 57.4 Å². The van der Waals surface area contributed by atoms with Crippen molar-refractivity contribution in [3.63, 3.8) is 0 Å². The molecule has 0 spiro atoms. The quantitative estimate of drug-likeness (QED) is 0.131. The van der Waals surface area contributed by atoms with E-state index in [1.165, 1.54) is 51.4 Å². The number of nitrogens with zero attached hydrogens (tertiary/aromatic N) is 1. The molecule has 0 saturated heterocycles. The van der Waals surface area contributed by atoms with E-state index in [0.717, 1.165) is 38.6 Å². The standard InChI is InChI=1S/C26H48N2O4/c1-4-5-6-7-8-9-10-11-12-13-14-15-16-17-18-19-22-31-25(29)24-27-26(30)32-23-20-21-28(2)3/h8-9,11-12H,4-7,10,13-24H2,1-3H3,(H,27,30)/b9-8-,12-11-. The van der Waals surface area contributed by atoms with Gasteiger partial charge in [-0.05, 0) is 59.0 Å². The summed E-state index contributed by atoms with van der Waals surface area (Å²) in [7, 11) is 3.93. The van der Waals surface area contributed by atoms with E-state index in [4.69, 9.17) is 9.47 Å². The van der Waals surface area contributed by atoms with Gasteiger partial charge in [0.2, 0.25) is 0 Å². The van der Waals surface area contributed by atoms with Gasteiger partial charge in [0.05, 0.1) is 13.2 Å². The number of esters is 1. The fourth-order valence-corrected chi connectivity index (χ4v) is 3.07. The third-order valence-electron chi connectivity index (χ3n) is 4.97. The summed E-state index contributed by atoms with van der Waals surface area (Å²) in [5.41, 5.74) is 0. The van der Waals surface area contributed by atoms with Crippen LogP contribution in [0.4, 0.5) is 4.79 Å². The van der Waals surface area contributed by atoms with Crippen LogP contribution in [0.5, 0.6) is 0 Å². The zero-order chi connectivity index (χ0) is 23.7. The van der Waals surface area contributed by atoms with E-state index in [1.54, 1.807) is 0 Å². The lowest BCUT2D eigenvalue weighted by atomic mass is 10.1. The first-order valence-electron chi connectivity index (χ1n) is 12.6. The van der Waals surface area contributed by atoms with E-state index >= 15 is 0 Å². The minimum absolute atomic E-state index is 0.144. The second-order valence-electron chi connectivity index (χ2n) is 8.45. The van der Waals surface area contributed by atoms with E-state index in [0.29, 0.717) is 13.2 Å². The third kappa shape index (κ3) is 24.4. The Morgan fingerprint density at radius 1 is 0.750 bits per heavy atom. The number of allylic oxidation sites excluding steroid dienone is 4. The van der Waals surface area contributed by atoms with E-state index < -0.39 is 12.1 Å². The lowest BCUT2D eigenvalue weighted by Gasteiger charge is -2.10. The second kappa shape index (κ2) is 23.8. The van der Waals surface area contributed by atoms with Gasteiger partial charge in [0.15, 0.2) is 0 Å². The Bertz CT molecular complexity index is 504. The second-order valence-corrected chi connectivity index (χ2v) is 8.45. The molecule has 6 nitrogen and oxygen atoms in total. The van der Waals surface area contributed by atoms with Crippen molar-refractivity contribution < 1.29 is 19.1 Å². The molecule has 0 aromatic carbocycles. The van der Waals surface area contributed by atoms with Crippen LogP contribution in [0.25, 0.3) is 0 Å². The predicted octanol–water partition coefficient (Wildman–Crippen LogP) is 6.02. The molecule has 0 unspecified atom stereocenters. The number of hydrogen-bond donors (Lipinski definition) is 1. The Morgan fingerprint density at radius 3 is 2.00 bits per heavy atom. The first-order chi connectivity index (χ1) is 15.6. The van der Waals surface area contributed by atoms with Crippen LogP contribution in [0, 0.1) is 0 Å². The van der Waals surface area contributed by atoms with Crippen LogP contribution in [0.3, 0.4) is 0 Å². The number of unbranched alkanes of at least 4 members (excludes halogenated alkanes) is 9. The zero-order valence-electron chi connectivity index (χ0n) is 20.9. The maximum Gasteiger partial charge on any atom is 0.407 e. The molecule has 186 valence electrons. The first-order valence-corrected chi connectivity index (χ1v) is 12.6. The van der Waals surface area contributed by atoms with E-state index in [1.807, 2.05) is 19.0 Å². The zero-order valence-corrected chi connectivity index (χ0v) is 20.9. The van der Waals surface area contributed by atoms with Gasteiger partial charge in [-0.3, -0.25) is 4.79 Å².